The Labute approximate surface area is 145 Å². The highest BCUT2D eigenvalue weighted by Crippen LogP contribution is 2.45. The van der Waals surface area contributed by atoms with Crippen molar-refractivity contribution < 1.29 is 18.9 Å². The number of rotatable bonds is 4. The van der Waals surface area contributed by atoms with E-state index in [2.05, 4.69) is 20.3 Å². The second-order valence-electron chi connectivity index (χ2n) is 6.85. The lowest BCUT2D eigenvalue weighted by Gasteiger charge is -2.23. The number of fused-ring (bicyclic) bond motifs is 2. The molecule has 1 aliphatic carbocycles. The predicted octanol–water partition coefficient (Wildman–Crippen LogP) is 1.41. The van der Waals surface area contributed by atoms with E-state index in [4.69, 9.17) is 18.9 Å². The fourth-order valence-corrected chi connectivity index (χ4v) is 3.80. The number of nitrogens with zero attached hydrogens (tertiary/aromatic N) is 5. The van der Waals surface area contributed by atoms with Crippen LogP contribution in [0, 0.1) is 6.92 Å². The third-order valence-electron chi connectivity index (χ3n) is 4.67. The molecule has 4 rings (SSSR count). The van der Waals surface area contributed by atoms with Crippen LogP contribution >= 0.6 is 0 Å². The Bertz CT molecular complexity index is 792. The van der Waals surface area contributed by atoms with Crippen molar-refractivity contribution in [2.75, 3.05) is 13.7 Å². The standard InChI is InChI=1S/C16H23N5O4/c1-6-23-10-7-9(12-13(10)25-16(3,4)24-12)21-14-11(19-20-21)15(22-5)18-8(2)17-14/h9-10,12-13H,6-7H2,1-5H3/t9-,10+,12+,13-/m1/s1. The Morgan fingerprint density at radius 1 is 1.24 bits per heavy atom. The molecule has 25 heavy (non-hydrogen) atoms. The average Bonchev–Trinajstić information content (AvgIpc) is 3.19. The molecule has 3 heterocycles. The molecule has 1 saturated heterocycles. The molecule has 0 N–H and O–H groups in total. The molecule has 2 aliphatic rings. The van der Waals surface area contributed by atoms with Gasteiger partial charge in [0, 0.05) is 13.0 Å². The molecule has 2 aromatic heterocycles. The number of hydrogen-bond acceptors (Lipinski definition) is 8. The summed E-state index contributed by atoms with van der Waals surface area (Å²) in [5.41, 5.74) is 1.18. The van der Waals surface area contributed by atoms with Gasteiger partial charge in [0.15, 0.2) is 17.0 Å². The quantitative estimate of drug-likeness (QED) is 0.818. The fraction of sp³-hybridized carbons (Fsp3) is 0.750. The Kier molecular flexibility index (Phi) is 3.89. The minimum absolute atomic E-state index is 0.0501. The van der Waals surface area contributed by atoms with Gasteiger partial charge < -0.3 is 18.9 Å². The first-order valence-corrected chi connectivity index (χ1v) is 8.54. The van der Waals surface area contributed by atoms with E-state index >= 15 is 0 Å². The van der Waals surface area contributed by atoms with Crippen molar-refractivity contribution in [2.45, 2.75) is 64.3 Å². The first-order valence-electron chi connectivity index (χ1n) is 8.54. The highest BCUT2D eigenvalue weighted by Gasteiger charge is 2.56. The summed E-state index contributed by atoms with van der Waals surface area (Å²) in [4.78, 5) is 8.78. The van der Waals surface area contributed by atoms with Gasteiger partial charge in [0.25, 0.3) is 0 Å². The average molecular weight is 349 g/mol. The topological polar surface area (TPSA) is 93.4 Å². The fourth-order valence-electron chi connectivity index (χ4n) is 3.80. The molecular weight excluding hydrogens is 326 g/mol. The van der Waals surface area contributed by atoms with Crippen molar-refractivity contribution >= 4 is 11.2 Å². The maximum Gasteiger partial charge on any atom is 0.247 e. The van der Waals surface area contributed by atoms with Crippen LogP contribution in [-0.4, -0.2) is 62.8 Å². The van der Waals surface area contributed by atoms with E-state index in [-0.39, 0.29) is 24.4 Å². The molecule has 0 amide bonds. The van der Waals surface area contributed by atoms with Gasteiger partial charge in [0.05, 0.1) is 19.3 Å². The van der Waals surface area contributed by atoms with Crippen molar-refractivity contribution in [2.24, 2.45) is 0 Å². The van der Waals surface area contributed by atoms with E-state index in [1.807, 2.05) is 27.7 Å². The first-order chi connectivity index (χ1) is 11.9. The molecule has 9 heteroatoms. The molecule has 0 radical (unpaired) electrons. The molecule has 0 bridgehead atoms. The summed E-state index contributed by atoms with van der Waals surface area (Å²) in [6, 6.07) is -0.0765. The van der Waals surface area contributed by atoms with Crippen molar-refractivity contribution in [3.63, 3.8) is 0 Å². The number of ether oxygens (including phenoxy) is 4. The summed E-state index contributed by atoms with van der Waals surface area (Å²) in [7, 11) is 1.56. The van der Waals surface area contributed by atoms with E-state index in [0.717, 1.165) is 6.42 Å². The van der Waals surface area contributed by atoms with Gasteiger partial charge in [-0.3, -0.25) is 0 Å². The number of hydrogen-bond donors (Lipinski definition) is 0. The lowest BCUT2D eigenvalue weighted by atomic mass is 10.2. The molecule has 0 unspecified atom stereocenters. The van der Waals surface area contributed by atoms with E-state index in [1.54, 1.807) is 11.8 Å². The van der Waals surface area contributed by atoms with Crippen LogP contribution in [0.1, 0.15) is 39.1 Å². The van der Waals surface area contributed by atoms with Crippen molar-refractivity contribution in [1.29, 1.82) is 0 Å². The van der Waals surface area contributed by atoms with Crippen molar-refractivity contribution in [3.05, 3.63) is 5.82 Å². The lowest BCUT2D eigenvalue weighted by molar-refractivity contribution is -0.170. The zero-order chi connectivity index (χ0) is 17.8. The Morgan fingerprint density at radius 3 is 2.72 bits per heavy atom. The van der Waals surface area contributed by atoms with Crippen LogP contribution in [0.4, 0.5) is 0 Å². The molecule has 136 valence electrons. The molecule has 4 atom stereocenters. The van der Waals surface area contributed by atoms with Gasteiger partial charge in [-0.05, 0) is 27.7 Å². The number of methoxy groups -OCH3 is 1. The molecule has 2 aromatic rings. The number of aryl methyl sites for hydroxylation is 1. The summed E-state index contributed by atoms with van der Waals surface area (Å²) in [5.74, 6) is 0.379. The van der Waals surface area contributed by atoms with E-state index in [1.165, 1.54) is 0 Å². The van der Waals surface area contributed by atoms with Crippen molar-refractivity contribution in [1.82, 2.24) is 25.0 Å². The monoisotopic (exact) mass is 349 g/mol. The van der Waals surface area contributed by atoms with Crippen molar-refractivity contribution in [3.8, 4) is 5.88 Å². The second kappa shape index (κ2) is 5.86. The molecule has 0 aromatic carbocycles. The van der Waals surface area contributed by atoms with Crippen LogP contribution in [-0.2, 0) is 14.2 Å². The summed E-state index contributed by atoms with van der Waals surface area (Å²) < 4.78 is 25.2. The molecule has 2 fully saturated rings. The Balaban J connectivity index is 1.76. The largest absolute Gasteiger partial charge is 0.479 e. The van der Waals surface area contributed by atoms with E-state index in [9.17, 15) is 0 Å². The summed E-state index contributed by atoms with van der Waals surface area (Å²) in [6.07, 6.45) is 0.371. The minimum atomic E-state index is -0.650. The smallest absolute Gasteiger partial charge is 0.247 e. The second-order valence-corrected chi connectivity index (χ2v) is 6.85. The third kappa shape index (κ3) is 2.66. The zero-order valence-electron chi connectivity index (χ0n) is 15.1. The van der Waals surface area contributed by atoms with Crippen LogP contribution in [0.25, 0.3) is 11.2 Å². The maximum atomic E-state index is 6.16. The summed E-state index contributed by atoms with van der Waals surface area (Å²) in [5, 5.41) is 8.55. The molecular formula is C16H23N5O4. The van der Waals surface area contributed by atoms with Gasteiger partial charge >= 0.3 is 0 Å². The summed E-state index contributed by atoms with van der Waals surface area (Å²) in [6.45, 7) is 8.26. The van der Waals surface area contributed by atoms with Crippen LogP contribution < -0.4 is 4.74 Å². The predicted molar refractivity (Wildman–Crippen MR) is 87.3 cm³/mol. The molecule has 9 nitrogen and oxygen atoms in total. The lowest BCUT2D eigenvalue weighted by Crippen LogP contribution is -2.31. The number of aromatic nitrogens is 5. The van der Waals surface area contributed by atoms with Gasteiger partial charge in [0.1, 0.15) is 18.0 Å². The van der Waals surface area contributed by atoms with Gasteiger partial charge in [-0.1, -0.05) is 5.21 Å². The maximum absolute atomic E-state index is 6.16. The normalized spacial score (nSPS) is 30.8. The van der Waals surface area contributed by atoms with Crippen LogP contribution in [0.2, 0.25) is 0 Å². The molecule has 1 aliphatic heterocycles. The van der Waals surface area contributed by atoms with E-state index in [0.29, 0.717) is 29.5 Å². The first kappa shape index (κ1) is 16.6. The Hall–Kier alpha value is -1.84. The van der Waals surface area contributed by atoms with E-state index < -0.39 is 5.79 Å². The van der Waals surface area contributed by atoms with Crippen LogP contribution in [0.3, 0.4) is 0 Å². The molecule has 1 saturated carbocycles. The highest BCUT2D eigenvalue weighted by atomic mass is 16.8. The Morgan fingerprint density at radius 2 is 2.00 bits per heavy atom. The van der Waals surface area contributed by atoms with Gasteiger partial charge in [-0.15, -0.1) is 5.10 Å². The molecule has 0 spiro atoms. The van der Waals surface area contributed by atoms with Gasteiger partial charge in [-0.2, -0.15) is 4.98 Å². The highest BCUT2D eigenvalue weighted by molar-refractivity contribution is 5.75. The summed E-state index contributed by atoms with van der Waals surface area (Å²) >= 11 is 0. The third-order valence-corrected chi connectivity index (χ3v) is 4.67. The van der Waals surface area contributed by atoms with Gasteiger partial charge in [0.2, 0.25) is 5.88 Å². The zero-order valence-corrected chi connectivity index (χ0v) is 15.1. The van der Waals surface area contributed by atoms with Gasteiger partial charge in [-0.25, -0.2) is 9.67 Å². The minimum Gasteiger partial charge on any atom is -0.479 e. The SMILES string of the molecule is CCO[C@H]1C[C@@H](n2nnc3c(OC)nc(C)nc32)[C@@H]2OC(C)(C)O[C@@H]21. The van der Waals surface area contributed by atoms with Crippen LogP contribution in [0.15, 0.2) is 0 Å². The van der Waals surface area contributed by atoms with Crippen LogP contribution in [0.5, 0.6) is 5.88 Å².